The van der Waals surface area contributed by atoms with E-state index in [4.69, 9.17) is 4.74 Å². The zero-order chi connectivity index (χ0) is 21.7. The van der Waals surface area contributed by atoms with Crippen LogP contribution in [0.4, 0.5) is 16.2 Å². The van der Waals surface area contributed by atoms with Gasteiger partial charge in [0.1, 0.15) is 5.60 Å². The summed E-state index contributed by atoms with van der Waals surface area (Å²) in [7, 11) is 0. The number of nitrogens with one attached hydrogen (secondary N) is 2. The molecule has 0 saturated heterocycles. The molecular formula is C24H25N3O3. The van der Waals surface area contributed by atoms with Crippen LogP contribution in [-0.4, -0.2) is 22.6 Å². The molecule has 0 aliphatic heterocycles. The Hall–Kier alpha value is -3.67. The van der Waals surface area contributed by atoms with Crippen molar-refractivity contribution in [1.82, 2.24) is 4.98 Å². The van der Waals surface area contributed by atoms with E-state index in [0.29, 0.717) is 16.9 Å². The number of pyridine rings is 1. The first kappa shape index (κ1) is 21.0. The van der Waals surface area contributed by atoms with Gasteiger partial charge < -0.3 is 10.1 Å². The van der Waals surface area contributed by atoms with Gasteiger partial charge in [0.25, 0.3) is 5.91 Å². The van der Waals surface area contributed by atoms with Crippen molar-refractivity contribution in [3.63, 3.8) is 0 Å². The van der Waals surface area contributed by atoms with Gasteiger partial charge >= 0.3 is 6.09 Å². The van der Waals surface area contributed by atoms with E-state index in [1.807, 2.05) is 37.4 Å². The van der Waals surface area contributed by atoms with Crippen LogP contribution < -0.4 is 10.6 Å². The smallest absolute Gasteiger partial charge is 0.412 e. The quantitative estimate of drug-likeness (QED) is 0.589. The number of carbonyl (C=O) groups is 2. The van der Waals surface area contributed by atoms with Crippen molar-refractivity contribution in [2.45, 2.75) is 33.3 Å². The molecule has 0 spiro atoms. The summed E-state index contributed by atoms with van der Waals surface area (Å²) in [6, 6.07) is 18.2. The van der Waals surface area contributed by atoms with Crippen molar-refractivity contribution in [1.29, 1.82) is 0 Å². The monoisotopic (exact) mass is 403 g/mol. The fourth-order valence-corrected chi connectivity index (χ4v) is 2.76. The average molecular weight is 403 g/mol. The summed E-state index contributed by atoms with van der Waals surface area (Å²) in [5, 5.41) is 5.52. The molecule has 3 rings (SSSR count). The van der Waals surface area contributed by atoms with Crippen LogP contribution in [0, 0.1) is 6.92 Å². The number of aromatic nitrogens is 1. The van der Waals surface area contributed by atoms with Crippen molar-refractivity contribution >= 4 is 23.4 Å². The molecule has 0 bridgehead atoms. The van der Waals surface area contributed by atoms with Crippen molar-refractivity contribution in [2.24, 2.45) is 0 Å². The predicted octanol–water partition coefficient (Wildman–Crippen LogP) is 5.66. The van der Waals surface area contributed by atoms with E-state index in [1.165, 1.54) is 0 Å². The van der Waals surface area contributed by atoms with Gasteiger partial charge in [-0.3, -0.25) is 15.1 Å². The zero-order valence-electron chi connectivity index (χ0n) is 17.5. The van der Waals surface area contributed by atoms with Gasteiger partial charge in [-0.05, 0) is 63.6 Å². The Balaban J connectivity index is 1.72. The molecule has 0 aliphatic rings. The third kappa shape index (κ3) is 5.67. The van der Waals surface area contributed by atoms with Gasteiger partial charge in [-0.1, -0.05) is 30.3 Å². The lowest BCUT2D eigenvalue weighted by atomic mass is 10.0. The SMILES string of the molecule is Cc1ccc(-c2ccc(C(=O)Nc3ccccc3NC(=O)OC(C)(C)C)cc2)cn1. The van der Waals surface area contributed by atoms with Gasteiger partial charge in [-0.2, -0.15) is 0 Å². The molecule has 0 saturated carbocycles. The Kier molecular flexibility index (Phi) is 6.16. The lowest BCUT2D eigenvalue weighted by molar-refractivity contribution is 0.0635. The number of nitrogens with zero attached hydrogens (tertiary/aromatic N) is 1. The van der Waals surface area contributed by atoms with E-state index in [2.05, 4.69) is 15.6 Å². The number of ether oxygens (including phenoxy) is 1. The molecule has 3 aromatic rings. The van der Waals surface area contributed by atoms with Gasteiger partial charge in [-0.25, -0.2) is 4.79 Å². The van der Waals surface area contributed by atoms with E-state index < -0.39 is 11.7 Å². The lowest BCUT2D eigenvalue weighted by Gasteiger charge is -2.20. The van der Waals surface area contributed by atoms with Crippen molar-refractivity contribution < 1.29 is 14.3 Å². The summed E-state index contributed by atoms with van der Waals surface area (Å²) in [6.45, 7) is 7.30. The Bertz CT molecular complexity index is 1040. The highest BCUT2D eigenvalue weighted by Crippen LogP contribution is 2.24. The fourth-order valence-electron chi connectivity index (χ4n) is 2.76. The predicted molar refractivity (Wildman–Crippen MR) is 119 cm³/mol. The largest absolute Gasteiger partial charge is 0.444 e. The first-order chi connectivity index (χ1) is 14.2. The van der Waals surface area contributed by atoms with Gasteiger partial charge in [0, 0.05) is 23.0 Å². The van der Waals surface area contributed by atoms with Crippen LogP contribution >= 0.6 is 0 Å². The molecule has 6 heteroatoms. The second kappa shape index (κ2) is 8.78. The van der Waals surface area contributed by atoms with Crippen LogP contribution in [0.2, 0.25) is 0 Å². The molecule has 6 nitrogen and oxygen atoms in total. The highest BCUT2D eigenvalue weighted by atomic mass is 16.6. The summed E-state index contributed by atoms with van der Waals surface area (Å²) in [5.74, 6) is -0.276. The van der Waals surface area contributed by atoms with E-state index in [0.717, 1.165) is 16.8 Å². The number of carbonyl (C=O) groups excluding carboxylic acids is 2. The Morgan fingerprint density at radius 1 is 0.833 bits per heavy atom. The van der Waals surface area contributed by atoms with Gasteiger partial charge in [0.05, 0.1) is 11.4 Å². The molecule has 0 radical (unpaired) electrons. The maximum absolute atomic E-state index is 12.7. The maximum atomic E-state index is 12.7. The van der Waals surface area contributed by atoms with Crippen LogP contribution in [0.15, 0.2) is 66.9 Å². The van der Waals surface area contributed by atoms with Crippen LogP contribution in [0.1, 0.15) is 36.8 Å². The standard InChI is InChI=1S/C24H25N3O3/c1-16-9-10-19(15-25-16)17-11-13-18(14-12-17)22(28)26-20-7-5-6-8-21(20)27-23(29)30-24(2,3)4/h5-15H,1-4H3,(H,26,28)(H,27,29). The summed E-state index contributed by atoms with van der Waals surface area (Å²) in [5.41, 5.74) is 3.75. The number of benzene rings is 2. The summed E-state index contributed by atoms with van der Waals surface area (Å²) < 4.78 is 5.28. The van der Waals surface area contributed by atoms with E-state index in [9.17, 15) is 9.59 Å². The molecular weight excluding hydrogens is 378 g/mol. The normalized spacial score (nSPS) is 10.9. The Morgan fingerprint density at radius 2 is 1.43 bits per heavy atom. The molecule has 2 amide bonds. The van der Waals surface area contributed by atoms with Gasteiger partial charge in [0.2, 0.25) is 0 Å². The fraction of sp³-hybridized carbons (Fsp3) is 0.208. The van der Waals surface area contributed by atoms with Crippen LogP contribution in [-0.2, 0) is 4.74 Å². The minimum Gasteiger partial charge on any atom is -0.444 e. The lowest BCUT2D eigenvalue weighted by Crippen LogP contribution is -2.27. The molecule has 30 heavy (non-hydrogen) atoms. The third-order valence-electron chi connectivity index (χ3n) is 4.20. The highest BCUT2D eigenvalue weighted by molar-refractivity contribution is 6.07. The second-order valence-corrected chi connectivity index (χ2v) is 7.89. The number of hydrogen-bond acceptors (Lipinski definition) is 4. The topological polar surface area (TPSA) is 80.3 Å². The first-order valence-electron chi connectivity index (χ1n) is 9.65. The van der Waals surface area contributed by atoms with E-state index in [-0.39, 0.29) is 5.91 Å². The summed E-state index contributed by atoms with van der Waals surface area (Å²) >= 11 is 0. The Labute approximate surface area is 176 Å². The van der Waals surface area contributed by atoms with Crippen LogP contribution in [0.5, 0.6) is 0 Å². The van der Waals surface area contributed by atoms with E-state index in [1.54, 1.807) is 57.2 Å². The number of amides is 2. The first-order valence-corrected chi connectivity index (χ1v) is 9.65. The number of hydrogen-bond donors (Lipinski definition) is 2. The van der Waals surface area contributed by atoms with Crippen molar-refractivity contribution in [3.05, 3.63) is 78.1 Å². The summed E-state index contributed by atoms with van der Waals surface area (Å²) in [6.07, 6.45) is 1.23. The maximum Gasteiger partial charge on any atom is 0.412 e. The van der Waals surface area contributed by atoms with Gasteiger partial charge in [0.15, 0.2) is 0 Å². The molecule has 2 aromatic carbocycles. The van der Waals surface area contributed by atoms with E-state index >= 15 is 0 Å². The number of aryl methyl sites for hydroxylation is 1. The molecule has 0 unspecified atom stereocenters. The van der Waals surface area contributed by atoms with Crippen LogP contribution in [0.25, 0.3) is 11.1 Å². The molecule has 0 fully saturated rings. The number of anilines is 2. The second-order valence-electron chi connectivity index (χ2n) is 7.89. The van der Waals surface area contributed by atoms with Gasteiger partial charge in [-0.15, -0.1) is 0 Å². The highest BCUT2D eigenvalue weighted by Gasteiger charge is 2.18. The molecule has 154 valence electrons. The number of rotatable bonds is 4. The number of para-hydroxylation sites is 2. The summed E-state index contributed by atoms with van der Waals surface area (Å²) in [4.78, 5) is 29.1. The molecule has 1 heterocycles. The van der Waals surface area contributed by atoms with Crippen molar-refractivity contribution in [3.8, 4) is 11.1 Å². The Morgan fingerprint density at radius 3 is 2.00 bits per heavy atom. The zero-order valence-corrected chi connectivity index (χ0v) is 17.5. The molecule has 0 aliphatic carbocycles. The minimum absolute atomic E-state index is 0.276. The van der Waals surface area contributed by atoms with Crippen LogP contribution in [0.3, 0.4) is 0 Å². The molecule has 2 N–H and O–H groups in total. The third-order valence-corrected chi connectivity index (χ3v) is 4.20. The molecule has 1 aromatic heterocycles. The molecule has 0 atom stereocenters. The average Bonchev–Trinajstić information content (AvgIpc) is 2.69. The minimum atomic E-state index is -0.614. The van der Waals surface area contributed by atoms with Crippen molar-refractivity contribution in [2.75, 3.05) is 10.6 Å².